The molecule has 1 aromatic carbocycles. The number of hydrogen-bond donors (Lipinski definition) is 0. The van der Waals surface area contributed by atoms with Gasteiger partial charge in [-0.05, 0) is 60.9 Å². The Balaban J connectivity index is 2.57. The van der Waals surface area contributed by atoms with E-state index in [2.05, 4.69) is 74.7 Å². The lowest BCUT2D eigenvalue weighted by atomic mass is 9.80. The van der Waals surface area contributed by atoms with E-state index < -0.39 is 58.2 Å². The molecule has 0 saturated carbocycles. The second-order valence-corrected chi connectivity index (χ2v) is 26.3. The van der Waals surface area contributed by atoms with Gasteiger partial charge in [0.1, 0.15) is 30.3 Å². The minimum Gasteiger partial charge on any atom is -0.497 e. The Hall–Kier alpha value is -2.10. The molecule has 280 valence electrons. The molecular formula is C37H64O10Si2. The van der Waals surface area contributed by atoms with E-state index in [1.807, 2.05) is 31.2 Å². The van der Waals surface area contributed by atoms with Gasteiger partial charge < -0.3 is 37.3 Å². The maximum absolute atomic E-state index is 12.7. The number of rotatable bonds is 19. The molecule has 10 nitrogen and oxygen atoms in total. The monoisotopic (exact) mass is 724 g/mol. The van der Waals surface area contributed by atoms with Crippen LogP contribution in [0.3, 0.4) is 0 Å². The molecular weight excluding hydrogens is 661 g/mol. The third-order valence-corrected chi connectivity index (χ3v) is 19.6. The maximum Gasteiger partial charge on any atom is 0.302 e. The van der Waals surface area contributed by atoms with Crippen LogP contribution in [0.15, 0.2) is 24.3 Å². The molecule has 49 heavy (non-hydrogen) atoms. The largest absolute Gasteiger partial charge is 0.497 e. The molecule has 12 heteroatoms. The van der Waals surface area contributed by atoms with Crippen molar-refractivity contribution in [3.63, 3.8) is 0 Å². The molecule has 2 rings (SSSR count). The third kappa shape index (κ3) is 11.7. The van der Waals surface area contributed by atoms with Crippen LogP contribution in [0.2, 0.25) is 36.3 Å². The zero-order chi connectivity index (χ0) is 37.6. The molecule has 1 aliphatic heterocycles. The summed E-state index contributed by atoms with van der Waals surface area (Å²) in [6.07, 6.45) is -1.18. The number of esters is 2. The lowest BCUT2D eigenvalue weighted by Crippen LogP contribution is -2.57. The number of carbonyl (C=O) groups excluding carboxylic acids is 3. The lowest BCUT2D eigenvalue weighted by molar-refractivity contribution is -0.163. The predicted octanol–water partition coefficient (Wildman–Crippen LogP) is 7.34. The zero-order valence-electron chi connectivity index (χ0n) is 32.8. The number of hydrogen-bond acceptors (Lipinski definition) is 10. The van der Waals surface area contributed by atoms with Gasteiger partial charge in [0.25, 0.3) is 0 Å². The van der Waals surface area contributed by atoms with Crippen molar-refractivity contribution in [1.29, 1.82) is 0 Å². The Morgan fingerprint density at radius 1 is 0.918 bits per heavy atom. The fourth-order valence-corrected chi connectivity index (χ4v) is 7.87. The zero-order valence-corrected chi connectivity index (χ0v) is 34.8. The van der Waals surface area contributed by atoms with Crippen molar-refractivity contribution < 1.29 is 46.9 Å². The molecule has 0 radical (unpaired) electrons. The summed E-state index contributed by atoms with van der Waals surface area (Å²) < 4.78 is 43.5. The van der Waals surface area contributed by atoms with Crippen LogP contribution in [0.4, 0.5) is 0 Å². The summed E-state index contributed by atoms with van der Waals surface area (Å²) in [5, 5.41) is -0.271. The van der Waals surface area contributed by atoms with E-state index in [9.17, 15) is 14.4 Å². The van der Waals surface area contributed by atoms with Crippen LogP contribution < -0.4 is 4.74 Å². The first-order chi connectivity index (χ1) is 22.4. The number of methoxy groups -OCH3 is 1. The Morgan fingerprint density at radius 3 is 1.96 bits per heavy atom. The first kappa shape index (κ1) is 43.1. The fraction of sp³-hybridized carbons (Fsp3) is 0.757. The van der Waals surface area contributed by atoms with E-state index in [-0.39, 0.29) is 35.3 Å². The van der Waals surface area contributed by atoms with Crippen molar-refractivity contribution in [2.75, 3.05) is 26.9 Å². The Morgan fingerprint density at radius 2 is 1.49 bits per heavy atom. The summed E-state index contributed by atoms with van der Waals surface area (Å²) in [7, 11) is -3.20. The number of epoxide rings is 1. The van der Waals surface area contributed by atoms with Crippen molar-refractivity contribution in [2.45, 2.75) is 136 Å². The van der Waals surface area contributed by atoms with Gasteiger partial charge in [0.15, 0.2) is 16.6 Å². The molecule has 1 heterocycles. The average Bonchev–Trinajstić information content (AvgIpc) is 3.67. The molecule has 7 atom stereocenters. The molecule has 0 aliphatic carbocycles. The smallest absolute Gasteiger partial charge is 0.302 e. The molecule has 0 aromatic heterocycles. The van der Waals surface area contributed by atoms with Gasteiger partial charge in [-0.1, -0.05) is 60.6 Å². The SMILES string of the molecule is COc1ccc(COC[C@H](C)[C@H]2O[C@]2(C)[C@@H](O[Si](C)(C)C(C)(C)C)[C@@H](CO[Si](C)(C)C(C)(C)C)[C@H](OC(C)=O)[C@@H](C=O)COC(C)=O)cc1. The maximum atomic E-state index is 12.7. The molecule has 0 N–H and O–H groups in total. The van der Waals surface area contributed by atoms with Crippen molar-refractivity contribution in [3.8, 4) is 5.75 Å². The normalized spacial score (nSPS) is 21.6. The second-order valence-electron chi connectivity index (χ2n) is 16.8. The highest BCUT2D eigenvalue weighted by atomic mass is 28.4. The van der Waals surface area contributed by atoms with Crippen molar-refractivity contribution in [1.82, 2.24) is 0 Å². The highest BCUT2D eigenvalue weighted by Gasteiger charge is 2.65. The highest BCUT2D eigenvalue weighted by molar-refractivity contribution is 6.74. The summed E-state index contributed by atoms with van der Waals surface area (Å²) in [6, 6.07) is 7.77. The molecule has 1 aromatic rings. The summed E-state index contributed by atoms with van der Waals surface area (Å²) in [5.41, 5.74) is 0.221. The topological polar surface area (TPSA) is 119 Å². The Labute approximate surface area is 297 Å². The highest BCUT2D eigenvalue weighted by Crippen LogP contribution is 2.51. The predicted molar refractivity (Wildman–Crippen MR) is 196 cm³/mol. The molecule has 0 unspecified atom stereocenters. The minimum atomic E-state index is -2.50. The summed E-state index contributed by atoms with van der Waals surface area (Å²) in [6.45, 7) is 29.2. The van der Waals surface area contributed by atoms with Gasteiger partial charge in [0.2, 0.25) is 0 Å². The average molecular weight is 725 g/mol. The standard InChI is InChI=1S/C37H64O10Si2/c1-25(21-42-22-28-16-18-30(41-11)19-17-28)33-37(10,46-33)34(47-49(14,15)36(7,8)9)31(24-44-48(12,13)35(4,5)6)32(45-27(3)40)29(20-38)23-43-26(2)39/h16-20,25,29,31-34H,21-24H2,1-15H3/t25-,29-,31-,32+,33+,34-,37-/m0/s1. The molecule has 1 saturated heterocycles. The summed E-state index contributed by atoms with van der Waals surface area (Å²) >= 11 is 0. The second kappa shape index (κ2) is 16.9. The first-order valence-corrected chi connectivity index (χ1v) is 23.2. The van der Waals surface area contributed by atoms with Crippen LogP contribution in [0.5, 0.6) is 5.75 Å². The van der Waals surface area contributed by atoms with Gasteiger partial charge in [-0.25, -0.2) is 0 Å². The van der Waals surface area contributed by atoms with Crippen LogP contribution in [0.1, 0.15) is 74.8 Å². The molecule has 0 bridgehead atoms. The number of carbonyl (C=O) groups is 3. The molecule has 0 amide bonds. The van der Waals surface area contributed by atoms with Crippen molar-refractivity contribution in [3.05, 3.63) is 29.8 Å². The van der Waals surface area contributed by atoms with Gasteiger partial charge in [0.05, 0.1) is 38.4 Å². The van der Waals surface area contributed by atoms with Gasteiger partial charge >= 0.3 is 11.9 Å². The van der Waals surface area contributed by atoms with Crippen LogP contribution in [0.25, 0.3) is 0 Å². The van der Waals surface area contributed by atoms with Crippen molar-refractivity contribution >= 4 is 34.9 Å². The van der Waals surface area contributed by atoms with Gasteiger partial charge in [0, 0.05) is 32.3 Å². The summed E-state index contributed by atoms with van der Waals surface area (Å²) in [4.78, 5) is 37.2. The Kier molecular flexibility index (Phi) is 14.9. The fourth-order valence-electron chi connectivity index (χ4n) is 5.43. The molecule has 1 fully saturated rings. The molecule has 0 spiro atoms. The lowest BCUT2D eigenvalue weighted by Gasteiger charge is -2.46. The van der Waals surface area contributed by atoms with Gasteiger partial charge in [-0.3, -0.25) is 9.59 Å². The third-order valence-electron chi connectivity index (χ3n) is 10.6. The van der Waals surface area contributed by atoms with E-state index in [0.29, 0.717) is 19.5 Å². The van der Waals surface area contributed by atoms with Crippen LogP contribution in [0, 0.1) is 17.8 Å². The van der Waals surface area contributed by atoms with Crippen LogP contribution in [-0.4, -0.2) is 85.7 Å². The summed E-state index contributed by atoms with van der Waals surface area (Å²) in [5.74, 6) is -1.88. The van der Waals surface area contributed by atoms with Crippen molar-refractivity contribution in [2.24, 2.45) is 17.8 Å². The van der Waals surface area contributed by atoms with E-state index in [0.717, 1.165) is 11.3 Å². The van der Waals surface area contributed by atoms with Crippen LogP contribution >= 0.6 is 0 Å². The molecule has 1 aliphatic rings. The van der Waals surface area contributed by atoms with E-state index >= 15 is 0 Å². The van der Waals surface area contributed by atoms with Gasteiger partial charge in [-0.15, -0.1) is 0 Å². The van der Waals surface area contributed by atoms with E-state index in [4.69, 9.17) is 32.5 Å². The number of ether oxygens (including phenoxy) is 5. The van der Waals surface area contributed by atoms with E-state index in [1.165, 1.54) is 13.8 Å². The quantitative estimate of drug-likeness (QED) is 0.0621. The number of benzene rings is 1. The number of aldehydes is 1. The van der Waals surface area contributed by atoms with Gasteiger partial charge in [-0.2, -0.15) is 0 Å². The Bertz CT molecular complexity index is 1240. The minimum absolute atomic E-state index is 0.00851. The van der Waals surface area contributed by atoms with E-state index in [1.54, 1.807) is 7.11 Å². The first-order valence-electron chi connectivity index (χ1n) is 17.4. The van der Waals surface area contributed by atoms with Crippen LogP contribution in [-0.2, 0) is 48.8 Å².